The number of hydrogen-bond donors (Lipinski definition) is 2. The minimum Gasteiger partial charge on any atom is -0.375 e. The fourth-order valence-corrected chi connectivity index (χ4v) is 4.73. The van der Waals surface area contributed by atoms with E-state index in [1.807, 2.05) is 0 Å². The van der Waals surface area contributed by atoms with Gasteiger partial charge in [0.05, 0.1) is 5.56 Å². The lowest BCUT2D eigenvalue weighted by atomic mass is 9.44. The zero-order valence-electron chi connectivity index (χ0n) is 13.9. The first-order valence-electron chi connectivity index (χ1n) is 8.58. The van der Waals surface area contributed by atoms with Crippen LogP contribution in [0.15, 0.2) is 29.1 Å². The predicted octanol–water partition coefficient (Wildman–Crippen LogP) is 1.95. The Kier molecular flexibility index (Phi) is 3.06. The van der Waals surface area contributed by atoms with Crippen LogP contribution in [0.3, 0.4) is 0 Å². The smallest absolute Gasteiger partial charge is 0.260 e. The molecular formula is C18H14ClF2N3O3. The molecular weight excluding hydrogens is 380 g/mol. The first-order valence-corrected chi connectivity index (χ1v) is 8.95. The minimum atomic E-state index is -2.89. The molecule has 0 radical (unpaired) electrons. The van der Waals surface area contributed by atoms with Gasteiger partial charge >= 0.3 is 0 Å². The van der Waals surface area contributed by atoms with Crippen LogP contribution >= 0.6 is 11.6 Å². The second-order valence-electron chi connectivity index (χ2n) is 7.97. The summed E-state index contributed by atoms with van der Waals surface area (Å²) in [7, 11) is 0. The van der Waals surface area contributed by atoms with Gasteiger partial charge in [-0.25, -0.2) is 8.78 Å². The van der Waals surface area contributed by atoms with E-state index in [0.717, 1.165) is 0 Å². The van der Waals surface area contributed by atoms with Crippen molar-refractivity contribution in [2.75, 3.05) is 0 Å². The average molecular weight is 394 g/mol. The molecule has 0 aromatic carbocycles. The first kappa shape index (κ1) is 16.8. The fourth-order valence-electron chi connectivity index (χ4n) is 4.50. The van der Waals surface area contributed by atoms with Gasteiger partial charge in [-0.2, -0.15) is 0 Å². The summed E-state index contributed by atoms with van der Waals surface area (Å²) < 4.78 is 26.0. The Bertz CT molecular complexity index is 955. The zero-order valence-corrected chi connectivity index (χ0v) is 14.7. The number of carbonyl (C=O) groups is 3. The van der Waals surface area contributed by atoms with Crippen LogP contribution in [0, 0.1) is 5.92 Å². The van der Waals surface area contributed by atoms with Crippen LogP contribution in [0.25, 0.3) is 0 Å². The third-order valence-electron chi connectivity index (χ3n) is 5.86. The molecule has 1 aromatic heterocycles. The van der Waals surface area contributed by atoms with Crippen molar-refractivity contribution in [2.24, 2.45) is 5.92 Å². The molecule has 1 amide bonds. The van der Waals surface area contributed by atoms with E-state index in [2.05, 4.69) is 15.6 Å². The van der Waals surface area contributed by atoms with E-state index in [9.17, 15) is 23.2 Å². The van der Waals surface area contributed by atoms with Crippen molar-refractivity contribution in [3.63, 3.8) is 0 Å². The molecule has 1 heterocycles. The lowest BCUT2D eigenvalue weighted by Gasteiger charge is -2.70. The van der Waals surface area contributed by atoms with Crippen molar-refractivity contribution in [1.29, 1.82) is 0 Å². The molecule has 4 fully saturated rings. The number of halogens is 3. The molecule has 4 saturated carbocycles. The number of rotatable bonds is 4. The molecule has 27 heavy (non-hydrogen) atoms. The number of Topliss-reactive ketones (excluding diaryl/α,β-unsaturated/α-hetero) is 2. The molecule has 5 aliphatic rings. The molecule has 1 aromatic rings. The van der Waals surface area contributed by atoms with Crippen LogP contribution in [0.2, 0.25) is 0 Å². The Hall–Kier alpha value is -2.35. The van der Waals surface area contributed by atoms with Crippen LogP contribution in [0.5, 0.6) is 0 Å². The Morgan fingerprint density at radius 2 is 1.85 bits per heavy atom. The molecule has 1 unspecified atom stereocenters. The maximum Gasteiger partial charge on any atom is 0.260 e. The topological polar surface area (TPSA) is 88.2 Å². The van der Waals surface area contributed by atoms with Crippen LogP contribution in [-0.2, 0) is 4.79 Å². The van der Waals surface area contributed by atoms with Gasteiger partial charge in [-0.15, -0.1) is 0 Å². The zero-order chi connectivity index (χ0) is 19.2. The van der Waals surface area contributed by atoms with Gasteiger partial charge in [0.1, 0.15) is 22.3 Å². The van der Waals surface area contributed by atoms with E-state index in [4.69, 9.17) is 11.6 Å². The Morgan fingerprint density at radius 3 is 2.48 bits per heavy atom. The Labute approximate surface area is 157 Å². The maximum atomic E-state index is 13.0. The second kappa shape index (κ2) is 4.92. The molecule has 9 heteroatoms. The van der Waals surface area contributed by atoms with Crippen LogP contribution < -0.4 is 10.6 Å². The molecule has 6 nitrogen and oxygen atoms in total. The van der Waals surface area contributed by atoms with Crippen LogP contribution in [-0.4, -0.2) is 39.5 Å². The summed E-state index contributed by atoms with van der Waals surface area (Å²) in [5, 5.41) is 5.60. The first-order chi connectivity index (χ1) is 12.7. The molecule has 0 aliphatic heterocycles. The van der Waals surface area contributed by atoms with Gasteiger partial charge in [0.25, 0.3) is 5.92 Å². The van der Waals surface area contributed by atoms with Crippen molar-refractivity contribution >= 4 is 29.1 Å². The highest BCUT2D eigenvalue weighted by Gasteiger charge is 2.71. The number of carbonyl (C=O) groups excluding carboxylic acids is 3. The van der Waals surface area contributed by atoms with Crippen molar-refractivity contribution in [3.05, 3.63) is 40.3 Å². The number of aromatic nitrogens is 1. The number of alkyl halides is 2. The predicted molar refractivity (Wildman–Crippen MR) is 89.4 cm³/mol. The Balaban J connectivity index is 1.28. The summed E-state index contributed by atoms with van der Waals surface area (Å²) in [5.41, 5.74) is -0.726. The van der Waals surface area contributed by atoms with Crippen molar-refractivity contribution in [1.82, 2.24) is 15.6 Å². The maximum absolute atomic E-state index is 13.0. The number of nitrogens with zero attached hydrogens (tertiary/aromatic N) is 1. The number of allylic oxidation sites excluding steroid dienone is 2. The molecule has 2 bridgehead atoms. The number of fused-ring (bicyclic) bond motifs is 1. The fraction of sp³-hybridized carbons (Fsp3) is 0.444. The normalized spacial score (nSPS) is 35.0. The second-order valence-corrected chi connectivity index (χ2v) is 8.35. The van der Waals surface area contributed by atoms with Gasteiger partial charge < -0.3 is 10.6 Å². The van der Waals surface area contributed by atoms with Crippen molar-refractivity contribution in [2.45, 2.75) is 42.7 Å². The highest BCUT2D eigenvalue weighted by atomic mass is 35.5. The molecule has 0 spiro atoms. The quantitative estimate of drug-likeness (QED) is 0.816. The third-order valence-corrected chi connectivity index (χ3v) is 6.23. The SMILES string of the molecule is O=C1C(Cl)=C(NC23CC(NC(=O)C4CC4(F)F)(C2)C3)C(=O)c2ncccc21. The van der Waals surface area contributed by atoms with Gasteiger partial charge in [-0.1, -0.05) is 11.6 Å². The third kappa shape index (κ3) is 2.29. The van der Waals surface area contributed by atoms with Crippen molar-refractivity contribution in [3.8, 4) is 0 Å². The van der Waals surface area contributed by atoms with E-state index < -0.39 is 46.8 Å². The summed E-state index contributed by atoms with van der Waals surface area (Å²) in [6.07, 6.45) is 2.51. The molecule has 0 saturated heterocycles. The lowest BCUT2D eigenvalue weighted by molar-refractivity contribution is -0.142. The largest absolute Gasteiger partial charge is 0.375 e. The molecule has 6 rings (SSSR count). The van der Waals surface area contributed by atoms with E-state index in [-0.39, 0.29) is 22.0 Å². The van der Waals surface area contributed by atoms with Gasteiger partial charge in [-0.05, 0) is 31.4 Å². The highest BCUT2D eigenvalue weighted by molar-refractivity contribution is 6.49. The van der Waals surface area contributed by atoms with E-state index in [0.29, 0.717) is 19.3 Å². The van der Waals surface area contributed by atoms with Gasteiger partial charge in [0.2, 0.25) is 17.5 Å². The highest BCUT2D eigenvalue weighted by Crippen LogP contribution is 2.61. The summed E-state index contributed by atoms with van der Waals surface area (Å²) in [6.45, 7) is 0. The summed E-state index contributed by atoms with van der Waals surface area (Å²) in [4.78, 5) is 40.9. The van der Waals surface area contributed by atoms with Crippen molar-refractivity contribution < 1.29 is 23.2 Å². The van der Waals surface area contributed by atoms with E-state index >= 15 is 0 Å². The Morgan fingerprint density at radius 1 is 1.19 bits per heavy atom. The van der Waals surface area contributed by atoms with E-state index in [1.54, 1.807) is 6.07 Å². The number of nitrogens with one attached hydrogen (secondary N) is 2. The molecule has 140 valence electrons. The number of ketones is 2. The number of pyridine rings is 1. The molecule has 2 N–H and O–H groups in total. The monoisotopic (exact) mass is 393 g/mol. The number of hydrogen-bond acceptors (Lipinski definition) is 5. The summed E-state index contributed by atoms with van der Waals surface area (Å²) in [6, 6.07) is 3.06. The molecule has 5 aliphatic carbocycles. The van der Waals surface area contributed by atoms with Crippen LogP contribution in [0.1, 0.15) is 46.5 Å². The van der Waals surface area contributed by atoms with Gasteiger partial charge in [0.15, 0.2) is 0 Å². The van der Waals surface area contributed by atoms with Crippen LogP contribution in [0.4, 0.5) is 8.78 Å². The van der Waals surface area contributed by atoms with Gasteiger partial charge in [0, 0.05) is 23.7 Å². The summed E-state index contributed by atoms with van der Waals surface area (Å²) in [5.74, 6) is -5.65. The lowest BCUT2D eigenvalue weighted by Crippen LogP contribution is -2.83. The number of amides is 1. The summed E-state index contributed by atoms with van der Waals surface area (Å²) >= 11 is 6.13. The standard InChI is InChI=1S/C18H14ClF2N3O3/c19-10-12(14(26)11-8(13(10)25)2-1-3-22-11)23-16-5-17(6-16,7-16)24-15(27)9-4-18(9,20)21/h1-3,9,23H,4-7H2,(H,24,27). The van der Waals surface area contributed by atoms with Gasteiger partial charge in [-0.3, -0.25) is 19.4 Å². The van der Waals surface area contributed by atoms with E-state index in [1.165, 1.54) is 12.3 Å². The molecule has 1 atom stereocenters. The minimum absolute atomic E-state index is 0.0150. The average Bonchev–Trinajstić information content (AvgIpc) is 3.21.